The molecule has 1 atom stereocenters. The second kappa shape index (κ2) is 6.52. The summed E-state index contributed by atoms with van der Waals surface area (Å²) < 4.78 is 38.2. The van der Waals surface area contributed by atoms with Gasteiger partial charge in [0.05, 0.1) is 16.6 Å². The molecule has 1 aliphatic heterocycles. The van der Waals surface area contributed by atoms with Crippen molar-refractivity contribution in [2.24, 2.45) is 0 Å². The largest absolute Gasteiger partial charge is 0.401 e. The number of nitrogens with zero attached hydrogens (tertiary/aromatic N) is 1. The molecule has 0 bridgehead atoms. The Balaban J connectivity index is 2.16. The van der Waals surface area contributed by atoms with E-state index in [4.69, 9.17) is 23.2 Å². The van der Waals surface area contributed by atoms with Crippen LogP contribution in [0.15, 0.2) is 18.2 Å². The highest BCUT2D eigenvalue weighted by atomic mass is 35.5. The molecule has 0 spiro atoms. The van der Waals surface area contributed by atoms with E-state index >= 15 is 0 Å². The zero-order chi connectivity index (χ0) is 14.8. The van der Waals surface area contributed by atoms with Crippen molar-refractivity contribution in [2.75, 3.05) is 19.6 Å². The molecule has 7 heteroatoms. The number of rotatable bonds is 4. The molecule has 1 saturated heterocycles. The monoisotopic (exact) mass is 326 g/mol. The molecule has 0 saturated carbocycles. The van der Waals surface area contributed by atoms with Crippen LogP contribution in [0.25, 0.3) is 0 Å². The quantitative estimate of drug-likeness (QED) is 0.907. The van der Waals surface area contributed by atoms with E-state index in [1.165, 1.54) is 4.90 Å². The summed E-state index contributed by atoms with van der Waals surface area (Å²) in [6.07, 6.45) is -3.53. The van der Waals surface area contributed by atoms with Crippen molar-refractivity contribution in [2.45, 2.75) is 25.2 Å². The first kappa shape index (κ1) is 15.9. The first-order valence-electron chi connectivity index (χ1n) is 6.31. The van der Waals surface area contributed by atoms with Crippen molar-refractivity contribution in [3.8, 4) is 0 Å². The van der Waals surface area contributed by atoms with Crippen LogP contribution in [0.3, 0.4) is 0 Å². The first-order valence-corrected chi connectivity index (χ1v) is 7.07. The van der Waals surface area contributed by atoms with Gasteiger partial charge in [-0.25, -0.2) is 0 Å². The van der Waals surface area contributed by atoms with Crippen molar-refractivity contribution in [3.63, 3.8) is 0 Å². The van der Waals surface area contributed by atoms with E-state index in [2.05, 4.69) is 5.32 Å². The van der Waals surface area contributed by atoms with Gasteiger partial charge in [-0.05, 0) is 24.6 Å². The van der Waals surface area contributed by atoms with E-state index in [1.54, 1.807) is 18.2 Å². The summed E-state index contributed by atoms with van der Waals surface area (Å²) in [4.78, 5) is 1.41. The van der Waals surface area contributed by atoms with Gasteiger partial charge in [-0.3, -0.25) is 4.90 Å². The minimum Gasteiger partial charge on any atom is -0.315 e. The molecule has 20 heavy (non-hydrogen) atoms. The van der Waals surface area contributed by atoms with Gasteiger partial charge in [0.2, 0.25) is 0 Å². The maximum Gasteiger partial charge on any atom is 0.401 e. The molecule has 0 aliphatic carbocycles. The summed E-state index contributed by atoms with van der Waals surface area (Å²) in [7, 11) is 0. The van der Waals surface area contributed by atoms with Gasteiger partial charge in [0.1, 0.15) is 0 Å². The Bertz CT molecular complexity index is 459. The maximum absolute atomic E-state index is 12.7. The Hall–Kier alpha value is -0.490. The molecule has 1 fully saturated rings. The first-order chi connectivity index (χ1) is 9.37. The molecule has 1 aliphatic rings. The minimum absolute atomic E-state index is 0.133. The highest BCUT2D eigenvalue weighted by molar-refractivity contribution is 6.42. The Labute approximate surface area is 125 Å². The topological polar surface area (TPSA) is 15.3 Å². The number of nitrogens with one attached hydrogen (secondary N) is 1. The molecule has 1 N–H and O–H groups in total. The summed E-state index contributed by atoms with van der Waals surface area (Å²) >= 11 is 12.0. The van der Waals surface area contributed by atoms with E-state index in [0.29, 0.717) is 28.6 Å². The summed E-state index contributed by atoms with van der Waals surface area (Å²) in [5.74, 6) is 0. The number of hydrogen-bond acceptors (Lipinski definition) is 2. The Morgan fingerprint density at radius 3 is 2.65 bits per heavy atom. The van der Waals surface area contributed by atoms with E-state index in [1.807, 2.05) is 0 Å². The SMILES string of the molecule is FC(F)(F)CN(Cc1cccc(Cl)c1Cl)[C@H]1CCNC1. The zero-order valence-corrected chi connectivity index (χ0v) is 12.2. The fraction of sp³-hybridized carbons (Fsp3) is 0.538. The number of hydrogen-bond donors (Lipinski definition) is 1. The van der Waals surface area contributed by atoms with Crippen LogP contribution in [0.1, 0.15) is 12.0 Å². The summed E-state index contributed by atoms with van der Waals surface area (Å²) in [6, 6.07) is 4.90. The van der Waals surface area contributed by atoms with Crippen LogP contribution in [-0.2, 0) is 6.54 Å². The molecule has 112 valence electrons. The van der Waals surface area contributed by atoms with Gasteiger partial charge in [-0.2, -0.15) is 13.2 Å². The lowest BCUT2D eigenvalue weighted by Crippen LogP contribution is -2.42. The zero-order valence-electron chi connectivity index (χ0n) is 10.7. The molecule has 2 rings (SSSR count). The third kappa shape index (κ3) is 4.25. The average molecular weight is 327 g/mol. The molecule has 0 radical (unpaired) electrons. The lowest BCUT2D eigenvalue weighted by molar-refractivity contribution is -0.151. The van der Waals surface area contributed by atoms with Gasteiger partial charge in [0.15, 0.2) is 0 Å². The van der Waals surface area contributed by atoms with Crippen LogP contribution in [0, 0.1) is 0 Å². The van der Waals surface area contributed by atoms with Crippen LogP contribution in [0.4, 0.5) is 13.2 Å². The molecular formula is C13H15Cl2F3N2. The van der Waals surface area contributed by atoms with E-state index < -0.39 is 12.7 Å². The molecule has 0 aromatic heterocycles. The van der Waals surface area contributed by atoms with Gasteiger partial charge in [0, 0.05) is 19.1 Å². The second-order valence-electron chi connectivity index (χ2n) is 4.88. The van der Waals surface area contributed by atoms with Crippen molar-refractivity contribution < 1.29 is 13.2 Å². The van der Waals surface area contributed by atoms with Crippen LogP contribution >= 0.6 is 23.2 Å². The van der Waals surface area contributed by atoms with Crippen molar-refractivity contribution in [1.29, 1.82) is 0 Å². The predicted molar refractivity (Wildman–Crippen MR) is 74.2 cm³/mol. The Morgan fingerprint density at radius 2 is 2.05 bits per heavy atom. The lowest BCUT2D eigenvalue weighted by atomic mass is 10.1. The number of halogens is 5. The van der Waals surface area contributed by atoms with Crippen molar-refractivity contribution in [1.82, 2.24) is 10.2 Å². The van der Waals surface area contributed by atoms with Gasteiger partial charge >= 0.3 is 6.18 Å². The van der Waals surface area contributed by atoms with Gasteiger partial charge in [-0.15, -0.1) is 0 Å². The Morgan fingerprint density at radius 1 is 1.30 bits per heavy atom. The molecule has 1 heterocycles. The fourth-order valence-corrected chi connectivity index (χ4v) is 2.76. The minimum atomic E-state index is -4.23. The van der Waals surface area contributed by atoms with Gasteiger partial charge < -0.3 is 5.32 Å². The molecule has 0 unspecified atom stereocenters. The summed E-state index contributed by atoms with van der Waals surface area (Å²) in [5, 5.41) is 3.77. The average Bonchev–Trinajstić information content (AvgIpc) is 2.86. The van der Waals surface area contributed by atoms with Crippen LogP contribution in [-0.4, -0.2) is 36.8 Å². The Kier molecular flexibility index (Phi) is 5.18. The lowest BCUT2D eigenvalue weighted by Gasteiger charge is -2.29. The third-order valence-electron chi connectivity index (χ3n) is 3.34. The maximum atomic E-state index is 12.7. The highest BCUT2D eigenvalue weighted by Crippen LogP contribution is 2.29. The molecule has 2 nitrogen and oxygen atoms in total. The molecule has 0 amide bonds. The van der Waals surface area contributed by atoms with E-state index in [9.17, 15) is 13.2 Å². The number of alkyl halides is 3. The van der Waals surface area contributed by atoms with Crippen molar-refractivity contribution in [3.05, 3.63) is 33.8 Å². The van der Waals surface area contributed by atoms with Crippen LogP contribution in [0.2, 0.25) is 10.0 Å². The summed E-state index contributed by atoms with van der Waals surface area (Å²) in [6.45, 7) is 0.504. The molecule has 1 aromatic rings. The smallest absolute Gasteiger partial charge is 0.315 e. The normalized spacial score (nSPS) is 19.8. The molecular weight excluding hydrogens is 312 g/mol. The summed E-state index contributed by atoms with van der Waals surface area (Å²) in [5.41, 5.74) is 0.621. The third-order valence-corrected chi connectivity index (χ3v) is 4.20. The molecule has 1 aromatic carbocycles. The van der Waals surface area contributed by atoms with E-state index in [-0.39, 0.29) is 12.6 Å². The van der Waals surface area contributed by atoms with Gasteiger partial charge in [-0.1, -0.05) is 35.3 Å². The number of benzene rings is 1. The van der Waals surface area contributed by atoms with Crippen molar-refractivity contribution >= 4 is 23.2 Å². The van der Waals surface area contributed by atoms with Crippen LogP contribution in [0.5, 0.6) is 0 Å². The van der Waals surface area contributed by atoms with Gasteiger partial charge in [0.25, 0.3) is 0 Å². The second-order valence-corrected chi connectivity index (χ2v) is 5.66. The standard InChI is InChI=1S/C13H15Cl2F3N2/c14-11-3-1-2-9(12(11)15)7-20(8-13(16,17)18)10-4-5-19-6-10/h1-3,10,19H,4-8H2/t10-/m0/s1. The predicted octanol–water partition coefficient (Wildman–Crippen LogP) is 3.72. The fourth-order valence-electron chi connectivity index (χ4n) is 2.38. The van der Waals surface area contributed by atoms with E-state index in [0.717, 1.165) is 6.54 Å². The highest BCUT2D eigenvalue weighted by Gasteiger charge is 2.35. The van der Waals surface area contributed by atoms with Crippen LogP contribution < -0.4 is 5.32 Å².